The summed E-state index contributed by atoms with van der Waals surface area (Å²) in [5, 5.41) is 69.6. The number of imide groups is 1. The average molecular weight is 1560 g/mol. The molecule has 4 bridgehead atoms. The lowest BCUT2D eigenvalue weighted by Gasteiger charge is -2.69. The van der Waals surface area contributed by atoms with E-state index in [-0.39, 0.29) is 70.8 Å². The van der Waals surface area contributed by atoms with E-state index in [0.717, 1.165) is 56.1 Å². The number of hydrogen-bond acceptors (Lipinski definition) is 22. The largest absolute Gasteiger partial charge is 0.479 e. The van der Waals surface area contributed by atoms with Crippen molar-refractivity contribution in [3.8, 4) is 11.1 Å². The third-order valence-corrected chi connectivity index (χ3v) is 23.7. The molecule has 3 aliphatic heterocycles. The van der Waals surface area contributed by atoms with Crippen LogP contribution in [-0.4, -0.2) is 208 Å². The van der Waals surface area contributed by atoms with Crippen LogP contribution in [0.2, 0.25) is 0 Å². The zero-order chi connectivity index (χ0) is 78.9. The predicted octanol–water partition coefficient (Wildman–Crippen LogP) is 6.59. The number of hydrogen-bond donors (Lipinski definition) is 10. The second-order valence-corrected chi connectivity index (χ2v) is 33.9. The molecule has 1 saturated heterocycles. The van der Waals surface area contributed by atoms with Crippen LogP contribution in [-0.2, 0) is 85.6 Å². The summed E-state index contributed by atoms with van der Waals surface area (Å²) in [7, 11) is -4.65. The first-order chi connectivity index (χ1) is 52.1. The molecule has 0 spiro atoms. The molecule has 4 saturated carbocycles. The third-order valence-electron chi connectivity index (χ3n) is 22.0. The Hall–Kier alpha value is -9.61. The molecule has 31 nitrogen and oxygen atoms in total. The average Bonchev–Trinajstić information content (AvgIpc) is 0.739. The van der Waals surface area contributed by atoms with Crippen LogP contribution >= 0.6 is 11.3 Å². The quantitative estimate of drug-likeness (QED) is 0.0125. The van der Waals surface area contributed by atoms with Crippen molar-refractivity contribution in [1.29, 1.82) is 0 Å². The van der Waals surface area contributed by atoms with Crippen molar-refractivity contribution in [2.45, 2.75) is 186 Å². The van der Waals surface area contributed by atoms with Crippen molar-refractivity contribution in [1.82, 2.24) is 40.2 Å². The van der Waals surface area contributed by atoms with E-state index < -0.39 is 137 Å². The number of fused-ring (bicyclic) bond motifs is 2. The Balaban J connectivity index is 0.702. The fourth-order valence-electron chi connectivity index (χ4n) is 17.9. The number of amides is 7. The molecule has 9 atom stereocenters. The van der Waals surface area contributed by atoms with Gasteiger partial charge in [-0.25, -0.2) is 24.4 Å². The molecule has 3 aromatic carbocycles. The molecule has 13 rings (SSSR count). The number of aliphatic hydroxyl groups is 3. The number of rotatable bonds is 31. The maximum atomic E-state index is 14.4. The lowest BCUT2D eigenvalue weighted by atomic mass is 9.39. The monoisotopic (exact) mass is 1560 g/mol. The summed E-state index contributed by atoms with van der Waals surface area (Å²) in [5.41, 5.74) is 3.66. The Bertz CT molecular complexity index is 4660. The van der Waals surface area contributed by atoms with Crippen molar-refractivity contribution in [2.75, 3.05) is 54.1 Å². The predicted molar refractivity (Wildman–Crippen MR) is 401 cm³/mol. The van der Waals surface area contributed by atoms with E-state index >= 15 is 0 Å². The third kappa shape index (κ3) is 18.0. The van der Waals surface area contributed by atoms with Crippen molar-refractivity contribution in [2.24, 2.45) is 22.2 Å². The van der Waals surface area contributed by atoms with Crippen LogP contribution in [0.5, 0.6) is 0 Å². The van der Waals surface area contributed by atoms with Crippen LogP contribution in [0.4, 0.5) is 21.4 Å². The van der Waals surface area contributed by atoms with Gasteiger partial charge in [-0.1, -0.05) is 75.8 Å². The number of carbonyl (C=O) groups excluding carboxylic acids is 7. The number of aliphatic hydroxyl groups excluding tert-OH is 3. The summed E-state index contributed by atoms with van der Waals surface area (Å²) in [6.45, 7) is 11.4. The molecule has 588 valence electrons. The molecule has 33 heteroatoms. The molecular weight excluding hydrogens is 1460 g/mol. The van der Waals surface area contributed by atoms with Gasteiger partial charge in [-0.2, -0.15) is 13.5 Å². The number of carbonyl (C=O) groups is 9. The van der Waals surface area contributed by atoms with Crippen LogP contribution < -0.4 is 26.2 Å². The van der Waals surface area contributed by atoms with Gasteiger partial charge >= 0.3 is 18.0 Å². The number of aliphatic carboxylic acids is 1. The normalized spacial score (nSPS) is 24.6. The molecule has 10 N–H and O–H groups in total. The molecule has 7 aliphatic rings. The van der Waals surface area contributed by atoms with Gasteiger partial charge in [0.05, 0.1) is 40.5 Å². The smallest absolute Gasteiger partial charge is 0.410 e. The van der Waals surface area contributed by atoms with Gasteiger partial charge in [0.25, 0.3) is 27.8 Å². The van der Waals surface area contributed by atoms with E-state index in [9.17, 15) is 81.7 Å². The van der Waals surface area contributed by atoms with Crippen LogP contribution in [0.3, 0.4) is 0 Å². The minimum absolute atomic E-state index is 0.0461. The number of aromatic carboxylic acids is 1. The highest BCUT2D eigenvalue weighted by Gasteiger charge is 2.66. The summed E-state index contributed by atoms with van der Waals surface area (Å²) < 4.78 is 56.0. The number of carboxylic acids is 2. The number of pyridine rings is 1. The Morgan fingerprint density at radius 2 is 1.53 bits per heavy atom. The van der Waals surface area contributed by atoms with Crippen molar-refractivity contribution in [3.05, 3.63) is 130 Å². The van der Waals surface area contributed by atoms with Gasteiger partial charge in [-0.3, -0.25) is 48.2 Å². The summed E-state index contributed by atoms with van der Waals surface area (Å²) >= 11 is 1.38. The molecular formula is C77H93N11O20S2. The number of unbranched alkanes of at least 4 members (excludes halogenated alkanes) is 2. The topological polar surface area (TPSA) is 438 Å². The van der Waals surface area contributed by atoms with Gasteiger partial charge in [0.1, 0.15) is 42.8 Å². The Kier molecular flexibility index (Phi) is 23.5. The minimum Gasteiger partial charge on any atom is -0.479 e. The van der Waals surface area contributed by atoms with Crippen LogP contribution in [0.25, 0.3) is 21.3 Å². The van der Waals surface area contributed by atoms with Gasteiger partial charge in [0.2, 0.25) is 17.7 Å². The number of para-hydroxylation sites is 1. The zero-order valence-corrected chi connectivity index (χ0v) is 63.6. The molecule has 110 heavy (non-hydrogen) atoms. The first-order valence-corrected chi connectivity index (χ1v) is 39.3. The summed E-state index contributed by atoms with van der Waals surface area (Å²) in [6.07, 6.45) is -0.108. The number of ether oxygens (including phenoxy) is 3. The zero-order valence-electron chi connectivity index (χ0n) is 62.0. The van der Waals surface area contributed by atoms with Gasteiger partial charge in [0.15, 0.2) is 16.9 Å². The maximum absolute atomic E-state index is 14.4. The number of carboxylic acid groups (broad SMARTS) is 2. The number of thiazole rings is 1. The van der Waals surface area contributed by atoms with E-state index in [1.54, 1.807) is 38.2 Å². The minimum atomic E-state index is -4.65. The SMILES string of the molecule is Cc1c(-c2ccc(N3CCc4cccc(C(=O)Nc5nc6ccccc6s5)c4C3)nc2C(=O)O)cnn1CC12CC3(C)CC(C)(C1)CC(OCCN(CCS(=O)(=O)O)C(=O)OCc1ccc(NC(=O)[C@H](C)NC(=O)[C@@H](NC(=O)CCCCCN4C(=O)C=CC4=O)C(C)C)cc1C[C@@H]1O[C@H](C(=O)O)[C@@H](O)[C@H](O)[C@H]1O)(C3)C2. The molecule has 5 fully saturated rings. The lowest BCUT2D eigenvalue weighted by molar-refractivity contribution is -0.248. The number of benzene rings is 3. The van der Waals surface area contributed by atoms with Crippen LogP contribution in [0.1, 0.15) is 148 Å². The van der Waals surface area contributed by atoms with Gasteiger partial charge in [0, 0.05) is 92.3 Å². The fourth-order valence-corrected chi connectivity index (χ4v) is 19.2. The van der Waals surface area contributed by atoms with E-state index in [1.807, 2.05) is 52.9 Å². The number of nitrogens with zero attached hydrogens (tertiary/aromatic N) is 7. The van der Waals surface area contributed by atoms with Crippen molar-refractivity contribution < 1.29 is 95.9 Å². The second-order valence-electron chi connectivity index (χ2n) is 31.3. The first kappa shape index (κ1) is 79.9. The molecule has 7 amide bonds. The fraction of sp³-hybridized carbons (Fsp3) is 0.506. The summed E-state index contributed by atoms with van der Waals surface area (Å²) in [6, 6.07) is 18.8. The first-order valence-electron chi connectivity index (χ1n) is 36.9. The highest BCUT2D eigenvalue weighted by molar-refractivity contribution is 7.85. The van der Waals surface area contributed by atoms with Crippen molar-refractivity contribution in [3.63, 3.8) is 0 Å². The van der Waals surface area contributed by atoms with E-state index in [1.165, 1.54) is 48.6 Å². The van der Waals surface area contributed by atoms with Gasteiger partial charge < -0.3 is 65.5 Å². The van der Waals surface area contributed by atoms with Gasteiger partial charge in [-0.15, -0.1) is 0 Å². The lowest BCUT2D eigenvalue weighted by Crippen LogP contribution is -2.64. The number of anilines is 3. The molecule has 0 radical (unpaired) electrons. The molecule has 4 aliphatic carbocycles. The van der Waals surface area contributed by atoms with Crippen LogP contribution in [0.15, 0.2) is 91.1 Å². The molecule has 6 heterocycles. The van der Waals surface area contributed by atoms with E-state index in [0.29, 0.717) is 92.2 Å². The van der Waals surface area contributed by atoms with E-state index in [4.69, 9.17) is 24.3 Å². The molecule has 3 aromatic heterocycles. The number of nitrogens with one attached hydrogen (secondary N) is 4. The summed E-state index contributed by atoms with van der Waals surface area (Å²) in [4.78, 5) is 131. The number of aromatic nitrogens is 4. The van der Waals surface area contributed by atoms with Crippen LogP contribution in [0, 0.1) is 29.1 Å². The Morgan fingerprint density at radius 3 is 2.23 bits per heavy atom. The maximum Gasteiger partial charge on any atom is 0.410 e. The van der Waals surface area contributed by atoms with Gasteiger partial charge in [-0.05, 0) is 159 Å². The van der Waals surface area contributed by atoms with E-state index in [2.05, 4.69) is 40.1 Å². The molecule has 2 unspecified atom stereocenters. The second kappa shape index (κ2) is 32.4. The standard InChI is InChI=1S/C77H93N11O20S2/c1-43(2)61(83-58(89)17-8-7-11-25-87-59(90)22-23-60(87)91)69(97)79-44(3)67(95)80-49-19-18-47(48(31-49)32-55-63(92)64(93)65(94)66(108-55)71(100)101)35-106-73(102)85(28-30-110(103,104)105)27-29-107-77-39-74(5)36-75(6,40-77)38-76(37-74,41-77)42-88-45(4)52(33-78-88)50-20-21-57(82-62(50)70(98)99)86-26-24-46-13-12-14-51(53(46)34-86)68(96)84-72-81-54-15-9-10-16-56(54)109-72/h9-10,12-16,18-23,31,33,43-44,55,61,63-66,92-94H,7-8,11,17,24-30,32,34-42H2,1-6H3,(H,79,97)(H,80,95)(H,83,89)(H,98,99)(H,100,101)(H,81,84,96)(H,103,104,105)/t44-,55-,61-,63-,64+,65-,66-,74?,75?,76?,77?/m0/s1. The highest BCUT2D eigenvalue weighted by atomic mass is 32.2. The van der Waals surface area contributed by atoms with Crippen molar-refractivity contribution >= 4 is 102 Å². The summed E-state index contributed by atoms with van der Waals surface area (Å²) in [5.74, 6) is -6.64. The molecule has 6 aromatic rings. The highest BCUT2D eigenvalue weighted by Crippen LogP contribution is 2.72. The Morgan fingerprint density at radius 1 is 0.791 bits per heavy atom. The Labute approximate surface area is 638 Å².